The second kappa shape index (κ2) is 10.8. The molecule has 0 saturated carbocycles. The molecule has 0 radical (unpaired) electrons. The van der Waals surface area contributed by atoms with E-state index in [0.717, 1.165) is 18.6 Å². The fourth-order valence-electron chi connectivity index (χ4n) is 3.15. The van der Waals surface area contributed by atoms with Crippen molar-refractivity contribution in [3.05, 3.63) is 28.8 Å². The number of likely N-dealkylation sites (tertiary alicyclic amines) is 1. The van der Waals surface area contributed by atoms with E-state index in [2.05, 4.69) is 10.6 Å². The molecule has 1 heterocycles. The number of ether oxygens (including phenoxy) is 1. The van der Waals surface area contributed by atoms with Gasteiger partial charge < -0.3 is 15.4 Å². The van der Waals surface area contributed by atoms with Crippen LogP contribution in [-0.2, 0) is 20.5 Å². The van der Waals surface area contributed by atoms with Crippen molar-refractivity contribution >= 4 is 29.1 Å². The molecule has 1 aromatic carbocycles. The van der Waals surface area contributed by atoms with Crippen molar-refractivity contribution in [3.8, 4) is 0 Å². The summed E-state index contributed by atoms with van der Waals surface area (Å²) in [4.78, 5) is 26.2. The first-order valence-electron chi connectivity index (χ1n) is 9.36. The summed E-state index contributed by atoms with van der Waals surface area (Å²) in [5.74, 6) is -0.503. The lowest BCUT2D eigenvalue weighted by atomic mass is 9.96. The lowest BCUT2D eigenvalue weighted by Crippen LogP contribution is -2.43. The van der Waals surface area contributed by atoms with E-state index in [1.165, 1.54) is 6.07 Å². The van der Waals surface area contributed by atoms with E-state index in [-0.39, 0.29) is 24.1 Å². The van der Waals surface area contributed by atoms with Gasteiger partial charge in [-0.25, -0.2) is 0 Å². The number of amides is 2. The molecule has 0 atom stereocenters. The molecular formula is C19H25ClF3N3O3. The molecule has 0 bridgehead atoms. The van der Waals surface area contributed by atoms with Crippen LogP contribution >= 0.6 is 11.6 Å². The largest absolute Gasteiger partial charge is 0.417 e. The zero-order chi connectivity index (χ0) is 21.4. The van der Waals surface area contributed by atoms with Crippen LogP contribution in [0.15, 0.2) is 18.2 Å². The average molecular weight is 436 g/mol. The van der Waals surface area contributed by atoms with Gasteiger partial charge in [0.25, 0.3) is 0 Å². The summed E-state index contributed by atoms with van der Waals surface area (Å²) in [5.41, 5.74) is -0.952. The number of rotatable bonds is 8. The van der Waals surface area contributed by atoms with Crippen LogP contribution in [0.2, 0.25) is 5.02 Å². The van der Waals surface area contributed by atoms with Gasteiger partial charge in [-0.05, 0) is 50.6 Å². The molecular weight excluding hydrogens is 411 g/mol. The molecule has 2 amide bonds. The Morgan fingerprint density at radius 1 is 1.28 bits per heavy atom. The van der Waals surface area contributed by atoms with Gasteiger partial charge in [-0.1, -0.05) is 11.6 Å². The molecule has 6 nitrogen and oxygen atoms in total. The first kappa shape index (κ1) is 23.4. The molecule has 1 aromatic rings. The molecule has 1 aliphatic rings. The van der Waals surface area contributed by atoms with Gasteiger partial charge in [-0.15, -0.1) is 0 Å². The van der Waals surface area contributed by atoms with Crippen molar-refractivity contribution in [2.24, 2.45) is 5.92 Å². The molecule has 1 aliphatic heterocycles. The maximum absolute atomic E-state index is 12.9. The quantitative estimate of drug-likeness (QED) is 0.615. The molecule has 0 unspecified atom stereocenters. The normalized spacial score (nSPS) is 15.9. The maximum atomic E-state index is 12.9. The van der Waals surface area contributed by atoms with Gasteiger partial charge in [-0.2, -0.15) is 13.2 Å². The monoisotopic (exact) mass is 435 g/mol. The second-order valence-electron chi connectivity index (χ2n) is 6.93. The Kier molecular flexibility index (Phi) is 8.73. The van der Waals surface area contributed by atoms with Crippen LogP contribution in [0.3, 0.4) is 0 Å². The van der Waals surface area contributed by atoms with E-state index in [9.17, 15) is 22.8 Å². The van der Waals surface area contributed by atoms with Crippen molar-refractivity contribution in [1.29, 1.82) is 0 Å². The fourth-order valence-corrected chi connectivity index (χ4v) is 3.37. The molecule has 1 saturated heterocycles. The van der Waals surface area contributed by atoms with Crippen molar-refractivity contribution in [2.75, 3.05) is 45.2 Å². The SMILES string of the molecule is COCCCNC(=O)C1CCN(CC(=O)Nc2ccc(Cl)c(C(F)(F)F)c2)CC1. The molecule has 0 aromatic heterocycles. The number of benzene rings is 1. The topological polar surface area (TPSA) is 70.7 Å². The minimum absolute atomic E-state index is 0.00560. The number of hydrogen-bond acceptors (Lipinski definition) is 4. The van der Waals surface area contributed by atoms with E-state index in [4.69, 9.17) is 16.3 Å². The van der Waals surface area contributed by atoms with Gasteiger partial charge >= 0.3 is 6.18 Å². The highest BCUT2D eigenvalue weighted by atomic mass is 35.5. The fraction of sp³-hybridized carbons (Fsp3) is 0.579. The third-order valence-corrected chi connectivity index (χ3v) is 5.04. The summed E-state index contributed by atoms with van der Waals surface area (Å²) >= 11 is 5.58. The number of carbonyl (C=O) groups excluding carboxylic acids is 2. The van der Waals surface area contributed by atoms with Crippen LogP contribution < -0.4 is 10.6 Å². The third kappa shape index (κ3) is 7.49. The van der Waals surface area contributed by atoms with Gasteiger partial charge in [-0.3, -0.25) is 14.5 Å². The smallest absolute Gasteiger partial charge is 0.385 e. The number of halogens is 4. The van der Waals surface area contributed by atoms with Gasteiger partial charge in [0, 0.05) is 31.9 Å². The Balaban J connectivity index is 1.78. The van der Waals surface area contributed by atoms with Crippen molar-refractivity contribution in [1.82, 2.24) is 10.2 Å². The van der Waals surface area contributed by atoms with Crippen LogP contribution in [0.25, 0.3) is 0 Å². The molecule has 2 rings (SSSR count). The Bertz CT molecular complexity index is 708. The predicted molar refractivity (Wildman–Crippen MR) is 104 cm³/mol. The maximum Gasteiger partial charge on any atom is 0.417 e. The van der Waals surface area contributed by atoms with Crippen LogP contribution in [0.5, 0.6) is 0 Å². The van der Waals surface area contributed by atoms with Crippen LogP contribution in [-0.4, -0.2) is 56.6 Å². The third-order valence-electron chi connectivity index (χ3n) is 4.71. The van der Waals surface area contributed by atoms with Crippen molar-refractivity contribution in [3.63, 3.8) is 0 Å². The Hall–Kier alpha value is -1.84. The number of carbonyl (C=O) groups is 2. The van der Waals surface area contributed by atoms with E-state index >= 15 is 0 Å². The lowest BCUT2D eigenvalue weighted by molar-refractivity contribution is -0.137. The highest BCUT2D eigenvalue weighted by Crippen LogP contribution is 2.36. The van der Waals surface area contributed by atoms with Gasteiger partial charge in [0.2, 0.25) is 11.8 Å². The summed E-state index contributed by atoms with van der Waals surface area (Å²) in [6, 6.07) is 3.26. The minimum atomic E-state index is -4.59. The van der Waals surface area contributed by atoms with E-state index in [1.807, 2.05) is 4.90 Å². The number of nitrogens with one attached hydrogen (secondary N) is 2. The molecule has 0 aliphatic carbocycles. The standard InChI is InChI=1S/C19H25ClF3N3O3/c1-29-10-2-7-24-18(28)13-5-8-26(9-6-13)12-17(27)25-14-3-4-16(20)15(11-14)19(21,22)23/h3-4,11,13H,2,5-10,12H2,1H3,(H,24,28)(H,25,27). The zero-order valence-electron chi connectivity index (χ0n) is 16.2. The number of piperidine rings is 1. The molecule has 0 spiro atoms. The Morgan fingerprint density at radius 2 is 1.97 bits per heavy atom. The number of anilines is 1. The number of nitrogens with zero attached hydrogens (tertiary/aromatic N) is 1. The Morgan fingerprint density at radius 3 is 2.59 bits per heavy atom. The summed E-state index contributed by atoms with van der Waals surface area (Å²) in [7, 11) is 1.61. The molecule has 2 N–H and O–H groups in total. The van der Waals surface area contributed by atoms with E-state index in [0.29, 0.717) is 39.1 Å². The highest BCUT2D eigenvalue weighted by molar-refractivity contribution is 6.31. The average Bonchev–Trinajstić information content (AvgIpc) is 2.66. The first-order valence-corrected chi connectivity index (χ1v) is 9.74. The van der Waals surface area contributed by atoms with Crippen LogP contribution in [0.1, 0.15) is 24.8 Å². The minimum Gasteiger partial charge on any atom is -0.385 e. The zero-order valence-corrected chi connectivity index (χ0v) is 16.9. The van der Waals surface area contributed by atoms with Crippen LogP contribution in [0.4, 0.5) is 18.9 Å². The number of alkyl halides is 3. The second-order valence-corrected chi connectivity index (χ2v) is 7.34. The molecule has 1 fully saturated rings. The number of methoxy groups -OCH3 is 1. The summed E-state index contributed by atoms with van der Waals surface area (Å²) < 4.78 is 43.7. The lowest BCUT2D eigenvalue weighted by Gasteiger charge is -2.30. The van der Waals surface area contributed by atoms with Gasteiger partial charge in [0.1, 0.15) is 0 Å². The molecule has 10 heteroatoms. The molecule has 162 valence electrons. The van der Waals surface area contributed by atoms with Crippen molar-refractivity contribution < 1.29 is 27.5 Å². The van der Waals surface area contributed by atoms with E-state index in [1.54, 1.807) is 7.11 Å². The Labute approximate surface area is 172 Å². The van der Waals surface area contributed by atoms with Crippen LogP contribution in [0, 0.1) is 5.92 Å². The number of hydrogen-bond donors (Lipinski definition) is 2. The highest BCUT2D eigenvalue weighted by Gasteiger charge is 2.33. The van der Waals surface area contributed by atoms with Gasteiger partial charge in [0.05, 0.1) is 17.1 Å². The summed E-state index contributed by atoms with van der Waals surface area (Å²) in [6.07, 6.45) is -2.59. The van der Waals surface area contributed by atoms with E-state index < -0.39 is 22.7 Å². The summed E-state index contributed by atoms with van der Waals surface area (Å²) in [6.45, 7) is 2.34. The summed E-state index contributed by atoms with van der Waals surface area (Å²) in [5, 5.41) is 4.93. The first-order chi connectivity index (χ1) is 13.7. The molecule has 29 heavy (non-hydrogen) atoms. The van der Waals surface area contributed by atoms with Crippen molar-refractivity contribution in [2.45, 2.75) is 25.4 Å². The predicted octanol–water partition coefficient (Wildman–Crippen LogP) is 3.16. The van der Waals surface area contributed by atoms with Gasteiger partial charge in [0.15, 0.2) is 0 Å².